The molecular weight excluding hydrogens is 402 g/mol. The van der Waals surface area contributed by atoms with Gasteiger partial charge in [-0.1, -0.05) is 19.1 Å². The first-order valence-electron chi connectivity index (χ1n) is 10.0. The predicted octanol–water partition coefficient (Wildman–Crippen LogP) is 2.87. The van der Waals surface area contributed by atoms with E-state index in [1.54, 1.807) is 23.6 Å². The van der Waals surface area contributed by atoms with Gasteiger partial charge in [-0.3, -0.25) is 9.36 Å². The van der Waals surface area contributed by atoms with Crippen LogP contribution in [0.25, 0.3) is 16.6 Å². The Morgan fingerprint density at radius 2 is 1.80 bits per heavy atom. The lowest BCUT2D eigenvalue weighted by atomic mass is 10.2. The Kier molecular flexibility index (Phi) is 6.89. The van der Waals surface area contributed by atoms with Crippen molar-refractivity contribution in [3.05, 3.63) is 64.7 Å². The van der Waals surface area contributed by atoms with Gasteiger partial charge in [-0.2, -0.15) is 0 Å². The number of nitrogens with zero attached hydrogens (tertiary/aromatic N) is 2. The van der Waals surface area contributed by atoms with Crippen LogP contribution in [0.1, 0.15) is 32.6 Å². The highest BCUT2D eigenvalue weighted by atomic mass is 32.2. The molecule has 0 radical (unpaired) electrons. The number of nitrogens with one attached hydrogen (secondary N) is 1. The van der Waals surface area contributed by atoms with Crippen LogP contribution >= 0.6 is 0 Å². The Labute approximate surface area is 176 Å². The van der Waals surface area contributed by atoms with E-state index < -0.39 is 9.84 Å². The summed E-state index contributed by atoms with van der Waals surface area (Å²) in [5.74, 6) is 1.39. The average molecular weight is 430 g/mol. The third-order valence-electron chi connectivity index (χ3n) is 4.90. The summed E-state index contributed by atoms with van der Waals surface area (Å²) in [5, 5.41) is 3.72. The lowest BCUT2D eigenvalue weighted by molar-refractivity contribution is 0.340. The summed E-state index contributed by atoms with van der Waals surface area (Å²) in [4.78, 5) is 18.0. The Morgan fingerprint density at radius 3 is 2.47 bits per heavy atom. The molecule has 0 spiro atoms. The number of hydrogen-bond acceptors (Lipinski definition) is 6. The van der Waals surface area contributed by atoms with E-state index in [1.165, 1.54) is 0 Å². The van der Waals surface area contributed by atoms with Crippen LogP contribution in [0.15, 0.2) is 53.3 Å². The van der Waals surface area contributed by atoms with Crippen molar-refractivity contribution in [2.75, 3.05) is 24.7 Å². The number of aromatic nitrogens is 2. The third-order valence-corrected chi connectivity index (χ3v) is 6.60. The van der Waals surface area contributed by atoms with Crippen LogP contribution in [-0.4, -0.2) is 42.6 Å². The van der Waals surface area contributed by atoms with Gasteiger partial charge in [-0.15, -0.1) is 0 Å². The molecule has 8 heteroatoms. The molecule has 0 fully saturated rings. The zero-order valence-corrected chi connectivity index (χ0v) is 18.3. The number of rotatable bonds is 9. The maximum atomic E-state index is 13.3. The molecule has 0 aliphatic heterocycles. The van der Waals surface area contributed by atoms with Crippen LogP contribution in [0, 0.1) is 0 Å². The van der Waals surface area contributed by atoms with E-state index in [0.717, 1.165) is 5.75 Å². The number of sulfone groups is 1. The Bertz CT molecular complexity index is 1170. The number of benzene rings is 2. The molecule has 0 amide bonds. The number of para-hydroxylation sites is 1. The molecule has 0 aliphatic carbocycles. The Hall–Kier alpha value is -2.71. The van der Waals surface area contributed by atoms with E-state index >= 15 is 0 Å². The summed E-state index contributed by atoms with van der Waals surface area (Å²) in [6.45, 7) is 6.26. The van der Waals surface area contributed by atoms with Gasteiger partial charge in [0.1, 0.15) is 11.6 Å². The Balaban J connectivity index is 2.03. The van der Waals surface area contributed by atoms with Crippen molar-refractivity contribution in [1.29, 1.82) is 0 Å². The minimum atomic E-state index is -3.08. The smallest absolute Gasteiger partial charge is 0.266 e. The van der Waals surface area contributed by atoms with Crippen LogP contribution in [0.3, 0.4) is 0 Å². The molecule has 0 saturated heterocycles. The molecule has 1 N–H and O–H groups in total. The second kappa shape index (κ2) is 9.40. The molecule has 1 aromatic heterocycles. The molecule has 3 rings (SSSR count). The molecule has 0 aliphatic rings. The molecule has 30 heavy (non-hydrogen) atoms. The summed E-state index contributed by atoms with van der Waals surface area (Å²) in [7, 11) is -3.08. The fraction of sp³-hybridized carbons (Fsp3) is 0.364. The molecule has 3 aromatic rings. The summed E-state index contributed by atoms with van der Waals surface area (Å²) in [6, 6.07) is 14.1. The highest BCUT2D eigenvalue weighted by Gasteiger charge is 2.18. The van der Waals surface area contributed by atoms with E-state index in [4.69, 9.17) is 9.72 Å². The number of fused-ring (bicyclic) bond motifs is 1. The summed E-state index contributed by atoms with van der Waals surface area (Å²) < 4.78 is 30.7. The van der Waals surface area contributed by atoms with Crippen molar-refractivity contribution in [3.8, 4) is 11.4 Å². The normalized spacial score (nSPS) is 12.8. The number of hydrogen-bond donors (Lipinski definition) is 1. The highest BCUT2D eigenvalue weighted by Crippen LogP contribution is 2.20. The van der Waals surface area contributed by atoms with Gasteiger partial charge < -0.3 is 10.1 Å². The molecular formula is C22H27N3O4S. The van der Waals surface area contributed by atoms with Crippen molar-refractivity contribution in [1.82, 2.24) is 14.9 Å². The van der Waals surface area contributed by atoms with Crippen molar-refractivity contribution in [3.63, 3.8) is 0 Å². The van der Waals surface area contributed by atoms with Gasteiger partial charge in [0, 0.05) is 12.3 Å². The van der Waals surface area contributed by atoms with Crippen molar-refractivity contribution < 1.29 is 13.2 Å². The van der Waals surface area contributed by atoms with Crippen LogP contribution in [0.4, 0.5) is 0 Å². The summed E-state index contributed by atoms with van der Waals surface area (Å²) in [5.41, 5.74) is 1.11. The minimum absolute atomic E-state index is 0.0364. The van der Waals surface area contributed by atoms with E-state index in [2.05, 4.69) is 5.32 Å². The van der Waals surface area contributed by atoms with Crippen molar-refractivity contribution >= 4 is 20.7 Å². The molecule has 160 valence electrons. The largest absolute Gasteiger partial charge is 0.494 e. The molecule has 1 atom stereocenters. The fourth-order valence-electron chi connectivity index (χ4n) is 3.21. The maximum Gasteiger partial charge on any atom is 0.266 e. The molecule has 0 saturated carbocycles. The molecule has 1 unspecified atom stereocenters. The molecule has 1 heterocycles. The topological polar surface area (TPSA) is 90.3 Å². The van der Waals surface area contributed by atoms with Crippen LogP contribution in [0.5, 0.6) is 5.75 Å². The lowest BCUT2D eigenvalue weighted by Gasteiger charge is -2.20. The third kappa shape index (κ3) is 4.88. The monoisotopic (exact) mass is 429 g/mol. The van der Waals surface area contributed by atoms with E-state index in [-0.39, 0.29) is 29.7 Å². The summed E-state index contributed by atoms with van der Waals surface area (Å²) >= 11 is 0. The molecule has 2 aromatic carbocycles. The second-order valence-corrected chi connectivity index (χ2v) is 9.44. The quantitative estimate of drug-likeness (QED) is 0.563. The van der Waals surface area contributed by atoms with Gasteiger partial charge in [-0.25, -0.2) is 13.4 Å². The predicted molar refractivity (Wildman–Crippen MR) is 119 cm³/mol. The van der Waals surface area contributed by atoms with Gasteiger partial charge in [-0.05, 0) is 50.2 Å². The highest BCUT2D eigenvalue weighted by molar-refractivity contribution is 7.91. The average Bonchev–Trinajstić information content (AvgIpc) is 2.74. The van der Waals surface area contributed by atoms with Crippen molar-refractivity contribution in [2.24, 2.45) is 0 Å². The first kappa shape index (κ1) is 22.0. The van der Waals surface area contributed by atoms with Crippen LogP contribution < -0.4 is 15.6 Å². The van der Waals surface area contributed by atoms with Gasteiger partial charge in [0.05, 0.1) is 35.0 Å². The lowest BCUT2D eigenvalue weighted by Crippen LogP contribution is -2.32. The minimum Gasteiger partial charge on any atom is -0.494 e. The SMILES string of the molecule is CCOc1ccc(-n2c(C(C)NCCS(=O)(=O)CC)nc3ccccc3c2=O)cc1. The Morgan fingerprint density at radius 1 is 1.10 bits per heavy atom. The standard InChI is InChI=1S/C22H27N3O4S/c1-4-29-18-12-10-17(11-13-18)25-21(16(3)23-14-15-30(27,28)5-2)24-20-9-7-6-8-19(20)22(25)26/h6-13,16,23H,4-5,14-15H2,1-3H3. The van der Waals surface area contributed by atoms with Crippen LogP contribution in [-0.2, 0) is 9.84 Å². The van der Waals surface area contributed by atoms with E-state index in [0.29, 0.717) is 29.0 Å². The first-order chi connectivity index (χ1) is 14.4. The number of ether oxygens (including phenoxy) is 1. The van der Waals surface area contributed by atoms with Crippen molar-refractivity contribution in [2.45, 2.75) is 26.8 Å². The van der Waals surface area contributed by atoms with Crippen LogP contribution in [0.2, 0.25) is 0 Å². The molecule has 0 bridgehead atoms. The van der Waals surface area contributed by atoms with Gasteiger partial charge in [0.25, 0.3) is 5.56 Å². The fourth-order valence-corrected chi connectivity index (χ4v) is 3.93. The van der Waals surface area contributed by atoms with Gasteiger partial charge >= 0.3 is 0 Å². The van der Waals surface area contributed by atoms with Gasteiger partial charge in [0.2, 0.25) is 0 Å². The van der Waals surface area contributed by atoms with E-state index in [1.807, 2.05) is 50.2 Å². The maximum absolute atomic E-state index is 13.3. The second-order valence-electron chi connectivity index (χ2n) is 6.97. The summed E-state index contributed by atoms with van der Waals surface area (Å²) in [6.07, 6.45) is 0. The molecule has 7 nitrogen and oxygen atoms in total. The first-order valence-corrected chi connectivity index (χ1v) is 11.9. The zero-order chi connectivity index (χ0) is 21.7. The van der Waals surface area contributed by atoms with Gasteiger partial charge in [0.15, 0.2) is 9.84 Å². The van der Waals surface area contributed by atoms with E-state index in [9.17, 15) is 13.2 Å². The zero-order valence-electron chi connectivity index (χ0n) is 17.5.